The van der Waals surface area contributed by atoms with Crippen LogP contribution in [0.2, 0.25) is 0 Å². The van der Waals surface area contributed by atoms with Gasteiger partial charge in [-0.1, -0.05) is 41.6 Å². The van der Waals surface area contributed by atoms with Crippen LogP contribution in [-0.2, 0) is 6.18 Å². The van der Waals surface area contributed by atoms with E-state index < -0.39 is 17.9 Å². The molecule has 2 aromatic heterocycles. The number of anilines is 2. The summed E-state index contributed by atoms with van der Waals surface area (Å²) in [5.41, 5.74) is 1.20. The van der Waals surface area contributed by atoms with Crippen LogP contribution in [0.25, 0.3) is 16.6 Å². The van der Waals surface area contributed by atoms with E-state index in [0.29, 0.717) is 33.1 Å². The first-order chi connectivity index (χ1) is 19.6. The number of amides is 2. The largest absolute Gasteiger partial charge is 0.496 e. The molecule has 0 saturated heterocycles. The van der Waals surface area contributed by atoms with Gasteiger partial charge in [-0.25, -0.2) is 9.48 Å². The predicted molar refractivity (Wildman–Crippen MR) is 149 cm³/mol. The van der Waals surface area contributed by atoms with Gasteiger partial charge in [0, 0.05) is 16.6 Å². The van der Waals surface area contributed by atoms with E-state index in [9.17, 15) is 18.0 Å². The molecule has 0 aliphatic rings. The summed E-state index contributed by atoms with van der Waals surface area (Å²) in [6.07, 6.45) is -4.69. The standard InChI is InChI=1S/C28H23F3N6O3S/c1-16-10-12-18(13-11-16)37-23(15-22(36-37)28(29,30)31)34-26(38)32-17-6-4-7-19(14-17)41-25-24-20(33-27(35-25)40-3)8-5-9-21(24)39-2/h4-15H,1-3H3,(H2,32,34,38). The second-order valence-corrected chi connectivity index (χ2v) is 9.80. The summed E-state index contributed by atoms with van der Waals surface area (Å²) in [6.45, 7) is 1.85. The molecule has 3 aromatic carbocycles. The highest BCUT2D eigenvalue weighted by molar-refractivity contribution is 7.99. The monoisotopic (exact) mass is 580 g/mol. The number of rotatable bonds is 7. The van der Waals surface area contributed by atoms with Crippen LogP contribution in [0.5, 0.6) is 11.8 Å². The van der Waals surface area contributed by atoms with Crippen molar-refractivity contribution in [2.75, 3.05) is 24.9 Å². The van der Waals surface area contributed by atoms with Gasteiger partial charge in [0.05, 0.1) is 30.8 Å². The van der Waals surface area contributed by atoms with Crippen molar-refractivity contribution in [2.45, 2.75) is 23.0 Å². The van der Waals surface area contributed by atoms with Crippen LogP contribution in [0.4, 0.5) is 29.5 Å². The van der Waals surface area contributed by atoms with Gasteiger partial charge in [-0.15, -0.1) is 0 Å². The fourth-order valence-electron chi connectivity index (χ4n) is 3.95. The van der Waals surface area contributed by atoms with Crippen LogP contribution in [0, 0.1) is 6.92 Å². The highest BCUT2D eigenvalue weighted by Gasteiger charge is 2.35. The molecule has 41 heavy (non-hydrogen) atoms. The van der Waals surface area contributed by atoms with Crippen molar-refractivity contribution in [3.05, 3.63) is 84.1 Å². The van der Waals surface area contributed by atoms with Gasteiger partial charge in [-0.2, -0.15) is 28.2 Å². The highest BCUT2D eigenvalue weighted by atomic mass is 32.2. The number of aryl methyl sites for hydroxylation is 1. The maximum atomic E-state index is 13.4. The number of hydrogen-bond donors (Lipinski definition) is 2. The molecule has 0 unspecified atom stereocenters. The van der Waals surface area contributed by atoms with Crippen molar-refractivity contribution in [1.82, 2.24) is 19.7 Å². The Morgan fingerprint density at radius 3 is 2.39 bits per heavy atom. The zero-order chi connectivity index (χ0) is 29.1. The van der Waals surface area contributed by atoms with Gasteiger partial charge in [-0.3, -0.25) is 5.32 Å². The van der Waals surface area contributed by atoms with E-state index in [1.165, 1.54) is 18.9 Å². The maximum Gasteiger partial charge on any atom is 0.435 e. The quantitative estimate of drug-likeness (QED) is 0.201. The molecule has 0 fully saturated rings. The molecular formula is C28H23F3N6O3S. The molecule has 5 aromatic rings. The number of hydrogen-bond acceptors (Lipinski definition) is 7. The molecule has 2 N–H and O–H groups in total. The van der Waals surface area contributed by atoms with Gasteiger partial charge >= 0.3 is 18.2 Å². The lowest BCUT2D eigenvalue weighted by Gasteiger charge is -2.12. The number of fused-ring (bicyclic) bond motifs is 1. The van der Waals surface area contributed by atoms with E-state index >= 15 is 0 Å². The van der Waals surface area contributed by atoms with Crippen LogP contribution in [0.1, 0.15) is 11.3 Å². The lowest BCUT2D eigenvalue weighted by Crippen LogP contribution is -2.21. The summed E-state index contributed by atoms with van der Waals surface area (Å²) in [5.74, 6) is 0.445. The van der Waals surface area contributed by atoms with Gasteiger partial charge < -0.3 is 14.8 Å². The first-order valence-corrected chi connectivity index (χ1v) is 12.9. The number of alkyl halides is 3. The number of carbonyl (C=O) groups is 1. The Kier molecular flexibility index (Phi) is 7.70. The number of aromatic nitrogens is 4. The number of nitrogens with zero attached hydrogens (tertiary/aromatic N) is 4. The number of halogens is 3. The van der Waals surface area contributed by atoms with Crippen LogP contribution in [0.3, 0.4) is 0 Å². The van der Waals surface area contributed by atoms with Crippen molar-refractivity contribution >= 4 is 40.2 Å². The van der Waals surface area contributed by atoms with Crippen LogP contribution >= 0.6 is 11.8 Å². The fraction of sp³-hybridized carbons (Fsp3) is 0.143. The molecule has 0 saturated carbocycles. The summed E-state index contributed by atoms with van der Waals surface area (Å²) < 4.78 is 52.1. The van der Waals surface area contributed by atoms with Crippen molar-refractivity contribution in [3.8, 4) is 17.4 Å². The Labute approximate surface area is 236 Å². The van der Waals surface area contributed by atoms with Crippen molar-refractivity contribution < 1.29 is 27.4 Å². The lowest BCUT2D eigenvalue weighted by molar-refractivity contribution is -0.141. The number of ether oxygens (including phenoxy) is 2. The van der Waals surface area contributed by atoms with Crippen molar-refractivity contribution in [3.63, 3.8) is 0 Å². The molecule has 0 spiro atoms. The number of benzene rings is 3. The smallest absolute Gasteiger partial charge is 0.435 e. The van der Waals surface area contributed by atoms with Crippen LogP contribution in [-0.4, -0.2) is 40.0 Å². The number of urea groups is 1. The normalized spacial score (nSPS) is 11.4. The Balaban J connectivity index is 1.39. The minimum Gasteiger partial charge on any atom is -0.496 e. The molecule has 0 aliphatic heterocycles. The first kappa shape index (κ1) is 27.8. The molecule has 9 nitrogen and oxygen atoms in total. The molecule has 2 amide bonds. The average molecular weight is 581 g/mol. The zero-order valence-electron chi connectivity index (χ0n) is 22.0. The summed E-state index contributed by atoms with van der Waals surface area (Å²) in [6, 6.07) is 19.3. The maximum absolute atomic E-state index is 13.4. The molecule has 210 valence electrons. The summed E-state index contributed by atoms with van der Waals surface area (Å²) in [4.78, 5) is 22.5. The van der Waals surface area contributed by atoms with Gasteiger partial charge in [0.1, 0.15) is 16.6 Å². The number of methoxy groups -OCH3 is 2. The molecule has 2 heterocycles. The average Bonchev–Trinajstić information content (AvgIpc) is 3.37. The highest BCUT2D eigenvalue weighted by Crippen LogP contribution is 2.38. The molecule has 0 bridgehead atoms. The lowest BCUT2D eigenvalue weighted by atomic mass is 10.2. The van der Waals surface area contributed by atoms with E-state index in [1.807, 2.05) is 25.1 Å². The van der Waals surface area contributed by atoms with Crippen molar-refractivity contribution in [1.29, 1.82) is 0 Å². The van der Waals surface area contributed by atoms with Crippen molar-refractivity contribution in [2.24, 2.45) is 0 Å². The van der Waals surface area contributed by atoms with E-state index in [1.54, 1.807) is 55.6 Å². The number of nitrogens with one attached hydrogen (secondary N) is 2. The van der Waals surface area contributed by atoms with E-state index in [4.69, 9.17) is 9.47 Å². The Morgan fingerprint density at radius 2 is 1.68 bits per heavy atom. The molecule has 0 radical (unpaired) electrons. The summed E-state index contributed by atoms with van der Waals surface area (Å²) in [7, 11) is 3.03. The van der Waals surface area contributed by atoms with E-state index in [2.05, 4.69) is 25.7 Å². The predicted octanol–water partition coefficient (Wildman–Crippen LogP) is 6.96. The minimum atomic E-state index is -4.69. The molecule has 13 heteroatoms. The third-order valence-electron chi connectivity index (χ3n) is 5.86. The topological polar surface area (TPSA) is 103 Å². The Bertz CT molecular complexity index is 1720. The SMILES string of the molecule is COc1nc(Sc2cccc(NC(=O)Nc3cc(C(F)(F)F)nn3-c3ccc(C)cc3)c2)c2c(OC)cccc2n1. The fourth-order valence-corrected chi connectivity index (χ4v) is 4.94. The van der Waals surface area contributed by atoms with Gasteiger partial charge in [0.2, 0.25) is 0 Å². The second-order valence-electron chi connectivity index (χ2n) is 8.74. The van der Waals surface area contributed by atoms with Gasteiger partial charge in [0.15, 0.2) is 5.69 Å². The molecule has 5 rings (SSSR count). The zero-order valence-corrected chi connectivity index (χ0v) is 22.8. The van der Waals surface area contributed by atoms with Crippen LogP contribution in [0.15, 0.2) is 82.7 Å². The molecule has 0 aliphatic carbocycles. The second kappa shape index (κ2) is 11.4. The third kappa shape index (κ3) is 6.19. The summed E-state index contributed by atoms with van der Waals surface area (Å²) in [5, 5.41) is 10.1. The first-order valence-electron chi connectivity index (χ1n) is 12.1. The third-order valence-corrected chi connectivity index (χ3v) is 6.84. The van der Waals surface area contributed by atoms with E-state index in [-0.39, 0.29) is 11.8 Å². The Morgan fingerprint density at radius 1 is 0.927 bits per heavy atom. The molecule has 0 atom stereocenters. The van der Waals surface area contributed by atoms with Gasteiger partial charge in [-0.05, 0) is 49.4 Å². The van der Waals surface area contributed by atoms with Gasteiger partial charge in [0.25, 0.3) is 0 Å². The minimum absolute atomic E-state index is 0.143. The van der Waals surface area contributed by atoms with Crippen LogP contribution < -0.4 is 20.1 Å². The molecular weight excluding hydrogens is 557 g/mol. The summed E-state index contributed by atoms with van der Waals surface area (Å²) >= 11 is 1.31. The Hall–Kier alpha value is -4.78. The number of carbonyl (C=O) groups excluding carboxylic acids is 1. The van der Waals surface area contributed by atoms with E-state index in [0.717, 1.165) is 21.2 Å².